The highest BCUT2D eigenvalue weighted by Gasteiger charge is 2.52. The summed E-state index contributed by atoms with van der Waals surface area (Å²) in [7, 11) is 0. The molecule has 2 aromatic carbocycles. The standard InChI is InChI=1S/C24H31N/c1-17(2)20-11-8-9-18(3)22(20)25-16-24(15-23(25,4)5)14-13-19-10-6-7-12-21(19)24/h6-12,17H,13-16H2,1-5H3/t24-/m0/s1. The first kappa shape index (κ1) is 16.7. The van der Waals surface area contributed by atoms with Gasteiger partial charge in [0.15, 0.2) is 0 Å². The fourth-order valence-electron chi connectivity index (χ4n) is 5.51. The molecule has 0 N–H and O–H groups in total. The van der Waals surface area contributed by atoms with Gasteiger partial charge >= 0.3 is 0 Å². The van der Waals surface area contributed by atoms with Gasteiger partial charge in [0.1, 0.15) is 0 Å². The molecule has 1 saturated heterocycles. The molecule has 1 atom stereocenters. The first-order valence-electron chi connectivity index (χ1n) is 9.80. The highest BCUT2D eigenvalue weighted by molar-refractivity contribution is 5.64. The van der Waals surface area contributed by atoms with Crippen LogP contribution in [0.25, 0.3) is 0 Å². The Balaban J connectivity index is 1.82. The summed E-state index contributed by atoms with van der Waals surface area (Å²) in [4.78, 5) is 2.74. The molecule has 4 rings (SSSR count). The van der Waals surface area contributed by atoms with E-state index in [4.69, 9.17) is 0 Å². The Labute approximate surface area is 153 Å². The summed E-state index contributed by atoms with van der Waals surface area (Å²) in [5.41, 5.74) is 8.12. The van der Waals surface area contributed by atoms with Crippen molar-refractivity contribution in [2.45, 2.75) is 70.8 Å². The summed E-state index contributed by atoms with van der Waals surface area (Å²) in [6.07, 6.45) is 3.79. The Bertz CT molecular complexity index is 801. The number of hydrogen-bond acceptors (Lipinski definition) is 1. The largest absolute Gasteiger partial charge is 0.365 e. The molecule has 2 aliphatic rings. The second kappa shape index (κ2) is 5.62. The third-order valence-corrected chi connectivity index (χ3v) is 6.58. The van der Waals surface area contributed by atoms with Crippen LogP contribution in [0.1, 0.15) is 68.7 Å². The summed E-state index contributed by atoms with van der Waals surface area (Å²) in [5.74, 6) is 0.554. The second-order valence-electron chi connectivity index (χ2n) is 9.18. The molecule has 1 aliphatic heterocycles. The number of nitrogens with zero attached hydrogens (tertiary/aromatic N) is 1. The topological polar surface area (TPSA) is 3.24 Å². The molecule has 1 aliphatic carbocycles. The molecule has 0 radical (unpaired) electrons. The summed E-state index contributed by atoms with van der Waals surface area (Å²) < 4.78 is 0. The summed E-state index contributed by atoms with van der Waals surface area (Å²) in [6.45, 7) is 13.0. The van der Waals surface area contributed by atoms with Crippen molar-refractivity contribution in [1.82, 2.24) is 0 Å². The zero-order chi connectivity index (χ0) is 17.8. The van der Waals surface area contributed by atoms with Crippen molar-refractivity contribution in [3.8, 4) is 0 Å². The Kier molecular flexibility index (Phi) is 3.76. The van der Waals surface area contributed by atoms with Crippen LogP contribution in [0.2, 0.25) is 0 Å². The summed E-state index contributed by atoms with van der Waals surface area (Å²) in [5, 5.41) is 0. The zero-order valence-corrected chi connectivity index (χ0v) is 16.4. The molecular formula is C24H31N. The van der Waals surface area contributed by atoms with Crippen molar-refractivity contribution in [2.24, 2.45) is 0 Å². The lowest BCUT2D eigenvalue weighted by Gasteiger charge is -2.37. The second-order valence-corrected chi connectivity index (χ2v) is 9.18. The number of anilines is 1. The van der Waals surface area contributed by atoms with E-state index in [1.54, 1.807) is 11.1 Å². The third kappa shape index (κ3) is 2.51. The lowest BCUT2D eigenvalue weighted by molar-refractivity contribution is 0.414. The predicted octanol–water partition coefficient (Wildman–Crippen LogP) is 5.99. The van der Waals surface area contributed by atoms with E-state index in [9.17, 15) is 0 Å². The number of fused-ring (bicyclic) bond motifs is 2. The van der Waals surface area contributed by atoms with Gasteiger partial charge in [0.05, 0.1) is 0 Å². The van der Waals surface area contributed by atoms with Crippen LogP contribution < -0.4 is 4.90 Å². The molecule has 132 valence electrons. The number of rotatable bonds is 2. The van der Waals surface area contributed by atoms with E-state index in [1.165, 1.54) is 36.1 Å². The van der Waals surface area contributed by atoms with Gasteiger partial charge in [-0.15, -0.1) is 0 Å². The van der Waals surface area contributed by atoms with Crippen LogP contribution in [0.15, 0.2) is 42.5 Å². The van der Waals surface area contributed by atoms with Crippen LogP contribution in [0, 0.1) is 6.92 Å². The minimum Gasteiger partial charge on any atom is -0.365 e. The van der Waals surface area contributed by atoms with Gasteiger partial charge in [-0.1, -0.05) is 56.3 Å². The molecular weight excluding hydrogens is 302 g/mol. The van der Waals surface area contributed by atoms with Crippen LogP contribution in [-0.4, -0.2) is 12.1 Å². The van der Waals surface area contributed by atoms with Crippen LogP contribution in [-0.2, 0) is 11.8 Å². The van der Waals surface area contributed by atoms with Crippen molar-refractivity contribution in [2.75, 3.05) is 11.4 Å². The lowest BCUT2D eigenvalue weighted by Crippen LogP contribution is -2.39. The van der Waals surface area contributed by atoms with E-state index < -0.39 is 0 Å². The average Bonchev–Trinajstić information content (AvgIpc) is 3.04. The van der Waals surface area contributed by atoms with Gasteiger partial charge in [0.2, 0.25) is 0 Å². The molecule has 0 amide bonds. The van der Waals surface area contributed by atoms with Crippen molar-refractivity contribution in [1.29, 1.82) is 0 Å². The molecule has 0 aromatic heterocycles. The zero-order valence-electron chi connectivity index (χ0n) is 16.4. The Hall–Kier alpha value is -1.76. The lowest BCUT2D eigenvalue weighted by atomic mass is 9.77. The molecule has 0 saturated carbocycles. The fourth-order valence-corrected chi connectivity index (χ4v) is 5.51. The maximum atomic E-state index is 2.74. The maximum Gasteiger partial charge on any atom is 0.0435 e. The SMILES string of the molecule is Cc1cccc(C(C)C)c1N1C[C@]2(CCc3ccccc32)CC1(C)C. The van der Waals surface area contributed by atoms with Crippen LogP contribution in [0.5, 0.6) is 0 Å². The summed E-state index contributed by atoms with van der Waals surface area (Å²) in [6, 6.07) is 16.0. The minimum atomic E-state index is 0.188. The first-order valence-corrected chi connectivity index (χ1v) is 9.80. The minimum absolute atomic E-state index is 0.188. The molecule has 0 unspecified atom stereocenters. The molecule has 2 aromatic rings. The molecule has 25 heavy (non-hydrogen) atoms. The Morgan fingerprint density at radius 2 is 1.76 bits per heavy atom. The fraction of sp³-hybridized carbons (Fsp3) is 0.500. The number of para-hydroxylation sites is 1. The smallest absolute Gasteiger partial charge is 0.0435 e. The third-order valence-electron chi connectivity index (χ3n) is 6.58. The van der Waals surface area contributed by atoms with Crippen LogP contribution >= 0.6 is 0 Å². The Morgan fingerprint density at radius 1 is 1.00 bits per heavy atom. The molecule has 1 spiro atoms. The van der Waals surface area contributed by atoms with E-state index in [0.29, 0.717) is 11.3 Å². The Morgan fingerprint density at radius 3 is 2.52 bits per heavy atom. The first-order chi connectivity index (χ1) is 11.8. The number of hydrogen-bond donors (Lipinski definition) is 0. The molecule has 1 heterocycles. The molecule has 1 nitrogen and oxygen atoms in total. The normalized spacial score (nSPS) is 24.3. The number of benzene rings is 2. The molecule has 0 bridgehead atoms. The van der Waals surface area contributed by atoms with Crippen molar-refractivity contribution in [3.63, 3.8) is 0 Å². The number of aryl methyl sites for hydroxylation is 2. The van der Waals surface area contributed by atoms with E-state index in [2.05, 4.69) is 82.0 Å². The van der Waals surface area contributed by atoms with E-state index in [0.717, 1.165) is 6.54 Å². The van der Waals surface area contributed by atoms with Gasteiger partial charge in [0, 0.05) is 23.2 Å². The van der Waals surface area contributed by atoms with Crippen LogP contribution in [0.4, 0.5) is 5.69 Å². The highest BCUT2D eigenvalue weighted by Crippen LogP contribution is 2.53. The van der Waals surface area contributed by atoms with Gasteiger partial charge in [-0.25, -0.2) is 0 Å². The van der Waals surface area contributed by atoms with E-state index in [-0.39, 0.29) is 5.54 Å². The quantitative estimate of drug-likeness (QED) is 0.652. The van der Waals surface area contributed by atoms with Crippen LogP contribution in [0.3, 0.4) is 0 Å². The summed E-state index contributed by atoms with van der Waals surface area (Å²) >= 11 is 0. The van der Waals surface area contributed by atoms with Crippen molar-refractivity contribution < 1.29 is 0 Å². The van der Waals surface area contributed by atoms with Crippen molar-refractivity contribution in [3.05, 3.63) is 64.7 Å². The molecule has 1 heteroatoms. The van der Waals surface area contributed by atoms with Crippen molar-refractivity contribution >= 4 is 5.69 Å². The van der Waals surface area contributed by atoms with Gasteiger partial charge in [-0.3, -0.25) is 0 Å². The predicted molar refractivity (Wildman–Crippen MR) is 108 cm³/mol. The maximum absolute atomic E-state index is 2.74. The van der Waals surface area contributed by atoms with E-state index >= 15 is 0 Å². The van der Waals surface area contributed by atoms with Gasteiger partial charge in [-0.2, -0.15) is 0 Å². The van der Waals surface area contributed by atoms with E-state index in [1.807, 2.05) is 0 Å². The monoisotopic (exact) mass is 333 g/mol. The van der Waals surface area contributed by atoms with Gasteiger partial charge in [0.25, 0.3) is 0 Å². The van der Waals surface area contributed by atoms with Gasteiger partial charge < -0.3 is 4.90 Å². The average molecular weight is 334 g/mol. The van der Waals surface area contributed by atoms with Gasteiger partial charge in [-0.05, 0) is 68.2 Å². The molecule has 1 fully saturated rings. The highest BCUT2D eigenvalue weighted by atomic mass is 15.2.